The monoisotopic (exact) mass is 839 g/mol. The number of nitrogens with one attached hydrogen (secondary N) is 3. The smallest absolute Gasteiger partial charge is 0.384 e. The Bertz CT molecular complexity index is 1900. The maximum atomic E-state index is 15.3. The van der Waals surface area contributed by atoms with Crippen LogP contribution in [0, 0.1) is 5.82 Å². The summed E-state index contributed by atoms with van der Waals surface area (Å²) in [5.74, 6) is -3.08. The van der Waals surface area contributed by atoms with Gasteiger partial charge in [0.2, 0.25) is 11.8 Å². The summed E-state index contributed by atoms with van der Waals surface area (Å²) in [5.41, 5.74) is 6.03. The first-order valence-electron chi connectivity index (χ1n) is 16.5. The topological polar surface area (TPSA) is 192 Å². The molecule has 6 atom stereocenters. The molecule has 0 saturated carbocycles. The molecule has 55 heavy (non-hydrogen) atoms. The summed E-state index contributed by atoms with van der Waals surface area (Å²) < 4.78 is 92.9. The summed E-state index contributed by atoms with van der Waals surface area (Å²) >= 11 is 2.78. The lowest BCUT2D eigenvalue weighted by atomic mass is 10.0. The van der Waals surface area contributed by atoms with Crippen LogP contribution in [0.1, 0.15) is 81.9 Å². The fraction of sp³-hybridized carbons (Fsp3) is 0.455. The highest BCUT2D eigenvalue weighted by Crippen LogP contribution is 2.32. The van der Waals surface area contributed by atoms with Gasteiger partial charge < -0.3 is 31.9 Å². The largest absolute Gasteiger partial charge is 0.389 e. The third kappa shape index (κ3) is 13.0. The summed E-state index contributed by atoms with van der Waals surface area (Å²) in [6.07, 6.45) is -12.0. The quantitative estimate of drug-likeness (QED) is 0.0762. The molecular formula is C33H36F7N7O5S3. The van der Waals surface area contributed by atoms with Crippen molar-refractivity contribution in [3.8, 4) is 10.6 Å². The first kappa shape index (κ1) is 43.6. The zero-order chi connectivity index (χ0) is 40.7. The molecule has 12 nitrogen and oxygen atoms in total. The lowest BCUT2D eigenvalue weighted by Crippen LogP contribution is -2.49. The second kappa shape index (κ2) is 18.7. The van der Waals surface area contributed by atoms with Crippen LogP contribution < -0.4 is 21.7 Å². The van der Waals surface area contributed by atoms with E-state index in [2.05, 4.69) is 30.9 Å². The molecule has 0 aliphatic rings. The zero-order valence-electron chi connectivity index (χ0n) is 28.9. The molecule has 1 aromatic carbocycles. The van der Waals surface area contributed by atoms with Crippen molar-refractivity contribution in [2.75, 3.05) is 0 Å². The Balaban J connectivity index is 1.38. The van der Waals surface area contributed by atoms with Crippen LogP contribution in [-0.2, 0) is 16.0 Å². The van der Waals surface area contributed by atoms with Crippen molar-refractivity contribution in [2.24, 2.45) is 5.73 Å². The van der Waals surface area contributed by atoms with E-state index >= 15 is 4.39 Å². The van der Waals surface area contributed by atoms with Crippen molar-refractivity contribution in [1.29, 1.82) is 0 Å². The van der Waals surface area contributed by atoms with Gasteiger partial charge in [0.1, 0.15) is 44.0 Å². The lowest BCUT2D eigenvalue weighted by molar-refractivity contribution is -0.140. The Morgan fingerprint density at radius 1 is 0.836 bits per heavy atom. The predicted octanol–water partition coefficient (Wildman–Crippen LogP) is 5.34. The van der Waals surface area contributed by atoms with E-state index in [-0.39, 0.29) is 31.9 Å². The Labute approximate surface area is 321 Å². The number of rotatable bonds is 17. The van der Waals surface area contributed by atoms with Crippen LogP contribution in [-0.4, -0.2) is 79.4 Å². The van der Waals surface area contributed by atoms with E-state index in [0.717, 1.165) is 40.2 Å². The van der Waals surface area contributed by atoms with Gasteiger partial charge in [-0.25, -0.2) is 19.3 Å². The van der Waals surface area contributed by atoms with Crippen LogP contribution in [0.25, 0.3) is 10.6 Å². The third-order valence-electron chi connectivity index (χ3n) is 7.95. The van der Waals surface area contributed by atoms with Crippen molar-refractivity contribution >= 4 is 51.7 Å². The van der Waals surface area contributed by atoms with Gasteiger partial charge in [-0.05, 0) is 44.4 Å². The maximum Gasteiger partial charge on any atom is 0.389 e. The molecule has 3 amide bonds. The number of carbonyl (C=O) groups excluding carboxylic acids is 3. The van der Waals surface area contributed by atoms with E-state index in [1.807, 2.05) is 0 Å². The van der Waals surface area contributed by atoms with Crippen LogP contribution in [0.5, 0.6) is 0 Å². The van der Waals surface area contributed by atoms with Crippen molar-refractivity contribution in [3.05, 3.63) is 73.3 Å². The molecule has 7 N–H and O–H groups in total. The Hall–Kier alpha value is -4.09. The number of thiazole rings is 3. The number of carbonyl (C=O) groups is 3. The summed E-state index contributed by atoms with van der Waals surface area (Å²) in [6, 6.07) is -0.745. The average Bonchev–Trinajstić information content (AvgIpc) is 3.90. The summed E-state index contributed by atoms with van der Waals surface area (Å²) in [7, 11) is 0. The molecule has 22 heteroatoms. The third-order valence-corrected chi connectivity index (χ3v) is 10.9. The fourth-order valence-corrected chi connectivity index (χ4v) is 7.56. The Morgan fingerprint density at radius 2 is 1.45 bits per heavy atom. The van der Waals surface area contributed by atoms with Crippen molar-refractivity contribution in [3.63, 3.8) is 0 Å². The van der Waals surface area contributed by atoms with Gasteiger partial charge in [0, 0.05) is 47.5 Å². The molecular weight excluding hydrogens is 804 g/mol. The number of benzene rings is 1. The van der Waals surface area contributed by atoms with E-state index in [1.54, 1.807) is 6.07 Å². The second-order valence-electron chi connectivity index (χ2n) is 12.5. The first-order chi connectivity index (χ1) is 25.7. The van der Waals surface area contributed by atoms with Crippen LogP contribution in [0.3, 0.4) is 0 Å². The number of hydrogen-bond donors (Lipinski definition) is 6. The van der Waals surface area contributed by atoms with E-state index in [1.165, 1.54) is 43.8 Å². The minimum absolute atomic E-state index is 0.00374. The molecule has 3 heterocycles. The molecule has 0 bridgehead atoms. The van der Waals surface area contributed by atoms with Gasteiger partial charge in [0.25, 0.3) is 5.91 Å². The van der Waals surface area contributed by atoms with Crippen LogP contribution in [0.2, 0.25) is 0 Å². The van der Waals surface area contributed by atoms with Gasteiger partial charge in [0.05, 0.1) is 24.3 Å². The average molecular weight is 840 g/mol. The summed E-state index contributed by atoms with van der Waals surface area (Å²) in [6.45, 7) is 2.64. The molecule has 4 aromatic rings. The predicted molar refractivity (Wildman–Crippen MR) is 189 cm³/mol. The molecule has 0 aliphatic heterocycles. The number of nitrogens with zero attached hydrogens (tertiary/aromatic N) is 3. The molecule has 0 fully saturated rings. The van der Waals surface area contributed by atoms with Gasteiger partial charge in [-0.15, -0.1) is 34.0 Å². The zero-order valence-corrected chi connectivity index (χ0v) is 31.4. The number of alkyl halides is 6. The minimum Gasteiger partial charge on any atom is -0.384 e. The standard InChI is InChI=1S/C33H36F7N7O5S3/c1-15(41)26(50)46-22(6-8-33(38,39)40)25(49)31-43-13-18(54-31)11-17-3-4-19(20(34)12-17)29-44-14-23(55-29)28(52)45-16(2)27(51)47-21(5-7-32(35,36)37)24(48)30-42-9-10-53-30/h3-4,9-10,12-16,21-22,24-25,48-49H,5-8,11,41H2,1-2H3,(H,45,52)(H,46,50)(H,47,51)/t15-,16-,21-,22-,24?,25?/m0/s1. The van der Waals surface area contributed by atoms with Gasteiger partial charge in [-0.1, -0.05) is 6.07 Å². The fourth-order valence-electron chi connectivity index (χ4n) is 5.02. The number of halogens is 7. The summed E-state index contributed by atoms with van der Waals surface area (Å²) in [5, 5.41) is 30.3. The number of aliphatic hydroxyl groups is 2. The molecule has 0 aliphatic carbocycles. The molecule has 300 valence electrons. The van der Waals surface area contributed by atoms with Gasteiger partial charge in [-0.3, -0.25) is 14.4 Å². The summed E-state index contributed by atoms with van der Waals surface area (Å²) in [4.78, 5) is 50.5. The highest BCUT2D eigenvalue weighted by molar-refractivity contribution is 7.17. The molecule has 2 unspecified atom stereocenters. The van der Waals surface area contributed by atoms with Crippen LogP contribution in [0.4, 0.5) is 30.7 Å². The van der Waals surface area contributed by atoms with Gasteiger partial charge in [-0.2, -0.15) is 26.3 Å². The number of aromatic nitrogens is 3. The lowest BCUT2D eigenvalue weighted by Gasteiger charge is -2.25. The number of hydrogen-bond acceptors (Lipinski definition) is 12. The molecule has 0 radical (unpaired) electrons. The highest BCUT2D eigenvalue weighted by Gasteiger charge is 2.35. The van der Waals surface area contributed by atoms with E-state index in [0.29, 0.717) is 10.4 Å². The maximum absolute atomic E-state index is 15.3. The number of aliphatic hydroxyl groups excluding tert-OH is 2. The van der Waals surface area contributed by atoms with E-state index in [4.69, 9.17) is 5.73 Å². The number of nitrogens with two attached hydrogens (primary N) is 1. The van der Waals surface area contributed by atoms with Crippen molar-refractivity contribution < 1.29 is 55.3 Å². The molecule has 0 saturated heterocycles. The van der Waals surface area contributed by atoms with Crippen molar-refractivity contribution in [2.45, 2.75) is 94.7 Å². The first-order valence-corrected chi connectivity index (χ1v) is 19.0. The van der Waals surface area contributed by atoms with Crippen molar-refractivity contribution in [1.82, 2.24) is 30.9 Å². The van der Waals surface area contributed by atoms with E-state index in [9.17, 15) is 50.9 Å². The molecule has 0 spiro atoms. The highest BCUT2D eigenvalue weighted by atomic mass is 32.1. The molecule has 4 rings (SSSR count). The van der Waals surface area contributed by atoms with Gasteiger partial charge >= 0.3 is 12.4 Å². The van der Waals surface area contributed by atoms with Crippen LogP contribution in [0.15, 0.2) is 42.2 Å². The van der Waals surface area contributed by atoms with E-state index < -0.39 is 97.9 Å². The Kier molecular flexibility index (Phi) is 14.8. The number of amides is 3. The molecule has 3 aromatic heterocycles. The van der Waals surface area contributed by atoms with Gasteiger partial charge in [0.15, 0.2) is 0 Å². The Morgan fingerprint density at radius 3 is 2.02 bits per heavy atom. The van der Waals surface area contributed by atoms with Crippen LogP contribution >= 0.6 is 34.0 Å². The normalized spacial score (nSPS) is 15.4. The second-order valence-corrected chi connectivity index (χ2v) is 15.6. The SMILES string of the molecule is C[C@H](N)C(=O)N[C@@H](CCC(F)(F)F)C(O)c1ncc(Cc2ccc(-c3ncc(C(=O)N[C@@H](C)C(=O)N[C@@H](CCC(F)(F)F)C(O)c4nccs4)s3)c(F)c2)s1. The minimum atomic E-state index is -4.55.